The average Bonchev–Trinajstić information content (AvgIpc) is 3.32. The van der Waals surface area contributed by atoms with E-state index in [-0.39, 0.29) is 22.9 Å². The Morgan fingerprint density at radius 1 is 1.06 bits per heavy atom. The second-order valence-corrected chi connectivity index (χ2v) is 10.5. The number of hydrogen-bond acceptors (Lipinski definition) is 4. The number of nitrogens with zero attached hydrogens (tertiary/aromatic N) is 2. The molecule has 0 amide bonds. The molecule has 0 bridgehead atoms. The average molecular weight is 564 g/mol. The SMILES string of the molecule is C[N+](C)(CCOCc1ccc(Cl)cc1)Cc1cnc(C(O)(c2ccccc2)C2CCCCC2)o1.[Br-]. The van der Waals surface area contributed by atoms with Crippen molar-refractivity contribution in [2.45, 2.75) is 50.9 Å². The van der Waals surface area contributed by atoms with Gasteiger partial charge in [-0.15, -0.1) is 0 Å². The summed E-state index contributed by atoms with van der Waals surface area (Å²) >= 11 is 5.95. The first-order chi connectivity index (χ1) is 16.4. The van der Waals surface area contributed by atoms with Crippen molar-refractivity contribution < 1.29 is 35.7 Å². The molecule has 3 aromatic rings. The molecule has 1 heterocycles. The number of halogens is 2. The van der Waals surface area contributed by atoms with Crippen LogP contribution in [-0.4, -0.2) is 41.8 Å². The molecule has 0 radical (unpaired) electrons. The van der Waals surface area contributed by atoms with Crippen molar-refractivity contribution in [3.05, 3.63) is 88.6 Å². The van der Waals surface area contributed by atoms with Gasteiger partial charge in [-0.3, -0.25) is 0 Å². The first kappa shape index (κ1) is 27.9. The Bertz CT molecular complexity index is 1040. The minimum atomic E-state index is -1.20. The Kier molecular flexibility index (Phi) is 9.96. The number of rotatable bonds is 10. The van der Waals surface area contributed by atoms with Crippen LogP contribution < -0.4 is 17.0 Å². The summed E-state index contributed by atoms with van der Waals surface area (Å²) in [6.07, 6.45) is 7.23. The zero-order valence-electron chi connectivity index (χ0n) is 20.6. The summed E-state index contributed by atoms with van der Waals surface area (Å²) in [4.78, 5) is 4.60. The molecule has 1 atom stereocenters. The number of likely N-dealkylation sites (N-methyl/N-ethyl adjacent to an activating group) is 1. The third-order valence-electron chi connectivity index (χ3n) is 6.90. The highest BCUT2D eigenvalue weighted by molar-refractivity contribution is 6.30. The Labute approximate surface area is 224 Å². The molecule has 35 heavy (non-hydrogen) atoms. The van der Waals surface area contributed by atoms with Gasteiger partial charge in [0.2, 0.25) is 5.89 Å². The van der Waals surface area contributed by atoms with Gasteiger partial charge in [-0.05, 0) is 36.1 Å². The number of aliphatic hydroxyl groups is 1. The fourth-order valence-electron chi connectivity index (χ4n) is 4.89. The third-order valence-corrected chi connectivity index (χ3v) is 7.15. The highest BCUT2D eigenvalue weighted by Crippen LogP contribution is 2.43. The van der Waals surface area contributed by atoms with Gasteiger partial charge in [-0.25, -0.2) is 4.98 Å². The Hall–Kier alpha value is -1.70. The molecule has 190 valence electrons. The maximum atomic E-state index is 12.0. The summed E-state index contributed by atoms with van der Waals surface area (Å²) in [5.74, 6) is 1.31. The van der Waals surface area contributed by atoms with E-state index in [0.29, 0.717) is 30.1 Å². The summed E-state index contributed by atoms with van der Waals surface area (Å²) in [7, 11) is 4.30. The van der Waals surface area contributed by atoms with E-state index in [1.165, 1.54) is 6.42 Å². The summed E-state index contributed by atoms with van der Waals surface area (Å²) in [5, 5.41) is 12.7. The Morgan fingerprint density at radius 2 is 1.74 bits per heavy atom. The van der Waals surface area contributed by atoms with Crippen molar-refractivity contribution in [1.29, 1.82) is 0 Å². The van der Waals surface area contributed by atoms with Crippen LogP contribution in [0.2, 0.25) is 5.02 Å². The van der Waals surface area contributed by atoms with Crippen LogP contribution in [0.5, 0.6) is 0 Å². The number of hydrogen-bond donors (Lipinski definition) is 1. The van der Waals surface area contributed by atoms with E-state index in [1.807, 2.05) is 54.6 Å². The molecule has 1 fully saturated rings. The maximum Gasteiger partial charge on any atom is 0.231 e. The fourth-order valence-corrected chi connectivity index (χ4v) is 5.01. The molecule has 1 saturated carbocycles. The van der Waals surface area contributed by atoms with Gasteiger partial charge in [0.05, 0.1) is 33.5 Å². The quantitative estimate of drug-likeness (QED) is 0.305. The Morgan fingerprint density at radius 3 is 2.43 bits per heavy atom. The third kappa shape index (κ3) is 7.17. The lowest BCUT2D eigenvalue weighted by molar-refractivity contribution is -0.905. The zero-order chi connectivity index (χ0) is 24.0. The smallest absolute Gasteiger partial charge is 0.231 e. The summed E-state index contributed by atoms with van der Waals surface area (Å²) in [6, 6.07) is 17.6. The van der Waals surface area contributed by atoms with Gasteiger partial charge in [-0.2, -0.15) is 0 Å². The molecule has 1 N–H and O–H groups in total. The molecular formula is C28H36BrClN2O3. The van der Waals surface area contributed by atoms with Crippen molar-refractivity contribution in [3.63, 3.8) is 0 Å². The summed E-state index contributed by atoms with van der Waals surface area (Å²) in [6.45, 7) is 2.70. The maximum absolute atomic E-state index is 12.0. The molecule has 1 aliphatic carbocycles. The molecule has 1 unspecified atom stereocenters. The van der Waals surface area contributed by atoms with Crippen LogP contribution in [-0.2, 0) is 23.5 Å². The molecule has 7 heteroatoms. The lowest BCUT2D eigenvalue weighted by Gasteiger charge is -2.36. The number of aromatic nitrogens is 1. The molecule has 1 aromatic heterocycles. The second kappa shape index (κ2) is 12.5. The number of quaternary nitrogens is 1. The molecule has 2 aromatic carbocycles. The van der Waals surface area contributed by atoms with Gasteiger partial charge in [0, 0.05) is 10.9 Å². The van der Waals surface area contributed by atoms with Crippen molar-refractivity contribution >= 4 is 11.6 Å². The van der Waals surface area contributed by atoms with E-state index in [4.69, 9.17) is 20.8 Å². The first-order valence-corrected chi connectivity index (χ1v) is 12.6. The molecular weight excluding hydrogens is 528 g/mol. The highest BCUT2D eigenvalue weighted by Gasteiger charge is 2.44. The number of benzene rings is 2. The molecule has 4 rings (SSSR count). The lowest BCUT2D eigenvalue weighted by atomic mass is 9.73. The van der Waals surface area contributed by atoms with Crippen LogP contribution in [0.25, 0.3) is 0 Å². The zero-order valence-corrected chi connectivity index (χ0v) is 23.0. The largest absolute Gasteiger partial charge is 1.00 e. The van der Waals surface area contributed by atoms with E-state index in [9.17, 15) is 5.11 Å². The van der Waals surface area contributed by atoms with Gasteiger partial charge < -0.3 is 35.7 Å². The van der Waals surface area contributed by atoms with E-state index < -0.39 is 5.60 Å². The van der Waals surface area contributed by atoms with E-state index in [0.717, 1.165) is 54.1 Å². The van der Waals surface area contributed by atoms with Gasteiger partial charge in [0.25, 0.3) is 0 Å². The second-order valence-electron chi connectivity index (χ2n) is 10.1. The predicted octanol–water partition coefficient (Wildman–Crippen LogP) is 2.94. The van der Waals surface area contributed by atoms with Crippen LogP contribution in [0.3, 0.4) is 0 Å². The molecule has 1 aliphatic rings. The van der Waals surface area contributed by atoms with Crippen LogP contribution in [0.4, 0.5) is 0 Å². The minimum Gasteiger partial charge on any atom is -1.00 e. The summed E-state index contributed by atoms with van der Waals surface area (Å²) in [5.41, 5.74) is 0.774. The monoisotopic (exact) mass is 562 g/mol. The fraction of sp³-hybridized carbons (Fsp3) is 0.464. The van der Waals surface area contributed by atoms with E-state index >= 15 is 0 Å². The van der Waals surface area contributed by atoms with Crippen molar-refractivity contribution in [1.82, 2.24) is 4.98 Å². The van der Waals surface area contributed by atoms with Crippen LogP contribution in [0.15, 0.2) is 65.2 Å². The van der Waals surface area contributed by atoms with Crippen molar-refractivity contribution in [3.8, 4) is 0 Å². The lowest BCUT2D eigenvalue weighted by Crippen LogP contribution is -3.00. The van der Waals surface area contributed by atoms with E-state index in [2.05, 4.69) is 19.1 Å². The van der Waals surface area contributed by atoms with Crippen LogP contribution >= 0.6 is 11.6 Å². The normalized spacial score (nSPS) is 16.5. The topological polar surface area (TPSA) is 55.5 Å². The first-order valence-electron chi connectivity index (χ1n) is 12.2. The van der Waals surface area contributed by atoms with Gasteiger partial charge >= 0.3 is 0 Å². The van der Waals surface area contributed by atoms with Crippen molar-refractivity contribution in [2.24, 2.45) is 5.92 Å². The van der Waals surface area contributed by atoms with Crippen LogP contribution in [0, 0.1) is 5.92 Å². The predicted molar refractivity (Wildman–Crippen MR) is 134 cm³/mol. The molecule has 0 spiro atoms. The van der Waals surface area contributed by atoms with Gasteiger partial charge in [0.15, 0.2) is 11.4 Å². The van der Waals surface area contributed by atoms with Crippen molar-refractivity contribution in [2.75, 3.05) is 27.2 Å². The van der Waals surface area contributed by atoms with Gasteiger partial charge in [0.1, 0.15) is 13.1 Å². The van der Waals surface area contributed by atoms with Crippen LogP contribution in [0.1, 0.15) is 54.9 Å². The van der Waals surface area contributed by atoms with E-state index in [1.54, 1.807) is 6.20 Å². The number of oxazole rings is 1. The minimum absolute atomic E-state index is 0. The standard InChI is InChI=1S/C28H36ClN2O3.BrH/c1-31(2,17-18-33-21-22-13-15-25(29)16-14-22)20-26-19-30-27(34-26)28(32,23-9-5-3-6-10-23)24-11-7-4-8-12-24;/h3,5-6,9-10,13-16,19,24,32H,4,7-8,11-12,17-18,20-21H2,1-2H3;1H/q+1;/p-1. The molecule has 0 saturated heterocycles. The summed E-state index contributed by atoms with van der Waals surface area (Å²) < 4.78 is 12.8. The highest BCUT2D eigenvalue weighted by atomic mass is 79.9. The molecule has 5 nitrogen and oxygen atoms in total. The van der Waals surface area contributed by atoms with Gasteiger partial charge in [-0.1, -0.05) is 73.3 Å². The Balaban J connectivity index is 0.00000342. The molecule has 0 aliphatic heterocycles. The number of ether oxygens (including phenoxy) is 1.